The number of aromatic hydroxyl groups is 1. The minimum atomic E-state index is 0.332. The Labute approximate surface area is 157 Å². The van der Waals surface area contributed by atoms with E-state index < -0.39 is 0 Å². The van der Waals surface area contributed by atoms with Crippen molar-refractivity contribution in [3.8, 4) is 5.75 Å². The molecule has 4 rings (SSSR count). The van der Waals surface area contributed by atoms with E-state index >= 15 is 0 Å². The van der Waals surface area contributed by atoms with Gasteiger partial charge in [0.1, 0.15) is 11.6 Å². The van der Waals surface area contributed by atoms with Crippen LogP contribution in [0.15, 0.2) is 65.8 Å². The number of thioether (sulfide) groups is 1. The number of hydrogen-bond donors (Lipinski definition) is 1. The van der Waals surface area contributed by atoms with E-state index in [0.29, 0.717) is 12.3 Å². The minimum absolute atomic E-state index is 0.332. The van der Waals surface area contributed by atoms with E-state index in [1.54, 1.807) is 12.3 Å². The summed E-state index contributed by atoms with van der Waals surface area (Å²) in [6.07, 6.45) is 3.74. The van der Waals surface area contributed by atoms with Gasteiger partial charge in [0.25, 0.3) is 0 Å². The molecule has 2 aromatic heterocycles. The van der Waals surface area contributed by atoms with Crippen LogP contribution in [0, 0.1) is 6.92 Å². The lowest BCUT2D eigenvalue weighted by molar-refractivity contribution is 0.467. The smallest absolute Gasteiger partial charge is 0.121 e. The van der Waals surface area contributed by atoms with Crippen LogP contribution in [-0.4, -0.2) is 19.2 Å². The van der Waals surface area contributed by atoms with Crippen molar-refractivity contribution >= 4 is 22.7 Å². The van der Waals surface area contributed by atoms with Crippen molar-refractivity contribution in [2.75, 3.05) is 0 Å². The van der Waals surface area contributed by atoms with Crippen molar-refractivity contribution in [3.05, 3.63) is 78.0 Å². The SMILES string of the molecule is Cc1nccn1Cc1c(O)ccc2c1cc(CSc1ccccc1)n2C. The zero-order valence-corrected chi connectivity index (χ0v) is 15.7. The van der Waals surface area contributed by atoms with Gasteiger partial charge in [-0.25, -0.2) is 4.98 Å². The van der Waals surface area contributed by atoms with Gasteiger partial charge in [0.05, 0.1) is 6.54 Å². The average Bonchev–Trinajstić information content (AvgIpc) is 3.20. The summed E-state index contributed by atoms with van der Waals surface area (Å²) in [5.41, 5.74) is 3.32. The second kappa shape index (κ2) is 6.92. The molecule has 0 unspecified atom stereocenters. The molecule has 0 saturated heterocycles. The second-order valence-corrected chi connectivity index (χ2v) is 7.44. The number of nitrogens with zero attached hydrogens (tertiary/aromatic N) is 3. The number of phenols is 1. The van der Waals surface area contributed by atoms with Gasteiger partial charge < -0.3 is 14.2 Å². The molecule has 4 aromatic rings. The predicted molar refractivity (Wildman–Crippen MR) is 107 cm³/mol. The Bertz CT molecular complexity index is 1050. The van der Waals surface area contributed by atoms with E-state index in [4.69, 9.17) is 0 Å². The lowest BCUT2D eigenvalue weighted by atomic mass is 10.1. The van der Waals surface area contributed by atoms with Crippen LogP contribution in [0.1, 0.15) is 17.1 Å². The quantitative estimate of drug-likeness (QED) is 0.521. The molecule has 0 spiro atoms. The van der Waals surface area contributed by atoms with E-state index in [0.717, 1.165) is 28.0 Å². The van der Waals surface area contributed by atoms with Gasteiger partial charge in [-0.3, -0.25) is 0 Å². The maximum absolute atomic E-state index is 10.5. The molecule has 1 N–H and O–H groups in total. The summed E-state index contributed by atoms with van der Waals surface area (Å²) in [7, 11) is 2.09. The van der Waals surface area contributed by atoms with Crippen molar-refractivity contribution in [3.63, 3.8) is 0 Å². The first-order valence-electron chi connectivity index (χ1n) is 8.58. The van der Waals surface area contributed by atoms with Gasteiger partial charge in [0.15, 0.2) is 0 Å². The number of imidazole rings is 1. The van der Waals surface area contributed by atoms with Crippen molar-refractivity contribution in [1.29, 1.82) is 0 Å². The van der Waals surface area contributed by atoms with Gasteiger partial charge in [-0.15, -0.1) is 11.8 Å². The van der Waals surface area contributed by atoms with Crippen LogP contribution in [-0.2, 0) is 19.3 Å². The Balaban J connectivity index is 1.69. The molecule has 0 bridgehead atoms. The third-order valence-electron chi connectivity index (χ3n) is 4.79. The molecule has 0 atom stereocenters. The first-order chi connectivity index (χ1) is 12.6. The van der Waals surface area contributed by atoms with Gasteiger partial charge >= 0.3 is 0 Å². The third kappa shape index (κ3) is 3.10. The average molecular weight is 363 g/mol. The third-order valence-corrected chi connectivity index (χ3v) is 5.84. The Kier molecular flexibility index (Phi) is 4.47. The molecule has 0 radical (unpaired) electrons. The number of aryl methyl sites for hydroxylation is 2. The van der Waals surface area contributed by atoms with Gasteiger partial charge in [-0.1, -0.05) is 18.2 Å². The van der Waals surface area contributed by atoms with Crippen molar-refractivity contribution in [2.45, 2.75) is 24.1 Å². The number of phenolic OH excluding ortho intramolecular Hbond substituents is 1. The zero-order chi connectivity index (χ0) is 18.1. The van der Waals surface area contributed by atoms with Gasteiger partial charge in [0, 0.05) is 52.3 Å². The summed E-state index contributed by atoms with van der Waals surface area (Å²) in [5.74, 6) is 2.16. The van der Waals surface area contributed by atoms with Crippen LogP contribution in [0.2, 0.25) is 0 Å². The molecule has 0 aliphatic carbocycles. The van der Waals surface area contributed by atoms with E-state index in [2.05, 4.69) is 51.5 Å². The highest BCUT2D eigenvalue weighted by atomic mass is 32.2. The Morgan fingerprint density at radius 3 is 2.65 bits per heavy atom. The number of benzene rings is 2. The van der Waals surface area contributed by atoms with Gasteiger partial charge in [0.2, 0.25) is 0 Å². The molecule has 0 aliphatic heterocycles. The zero-order valence-electron chi connectivity index (χ0n) is 14.9. The number of fused-ring (bicyclic) bond motifs is 1. The molecule has 132 valence electrons. The Hall–Kier alpha value is -2.66. The Morgan fingerprint density at radius 1 is 1.12 bits per heavy atom. The molecule has 2 aromatic carbocycles. The maximum atomic E-state index is 10.5. The first-order valence-corrected chi connectivity index (χ1v) is 9.57. The molecule has 0 saturated carbocycles. The van der Waals surface area contributed by atoms with Crippen LogP contribution in [0.3, 0.4) is 0 Å². The fourth-order valence-corrected chi connectivity index (χ4v) is 4.17. The fraction of sp³-hybridized carbons (Fsp3) is 0.190. The van der Waals surface area contributed by atoms with E-state index in [9.17, 15) is 5.11 Å². The second-order valence-electron chi connectivity index (χ2n) is 6.39. The summed E-state index contributed by atoms with van der Waals surface area (Å²) in [6, 6.07) is 16.4. The highest BCUT2D eigenvalue weighted by molar-refractivity contribution is 7.98. The molecular weight excluding hydrogens is 342 g/mol. The van der Waals surface area contributed by atoms with Crippen molar-refractivity contribution < 1.29 is 5.11 Å². The van der Waals surface area contributed by atoms with Crippen LogP contribution < -0.4 is 0 Å². The molecule has 26 heavy (non-hydrogen) atoms. The normalized spacial score (nSPS) is 11.3. The first kappa shape index (κ1) is 16.8. The fourth-order valence-electron chi connectivity index (χ4n) is 3.23. The molecule has 4 nitrogen and oxygen atoms in total. The van der Waals surface area contributed by atoms with E-state index in [1.807, 2.05) is 37.0 Å². The Morgan fingerprint density at radius 2 is 1.92 bits per heavy atom. The van der Waals surface area contributed by atoms with Crippen LogP contribution in [0.5, 0.6) is 5.75 Å². The van der Waals surface area contributed by atoms with Crippen LogP contribution in [0.25, 0.3) is 10.9 Å². The molecule has 0 amide bonds. The van der Waals surface area contributed by atoms with Crippen LogP contribution in [0.4, 0.5) is 0 Å². The molecule has 2 heterocycles. The molecular formula is C21H21N3OS. The monoisotopic (exact) mass is 363 g/mol. The van der Waals surface area contributed by atoms with E-state index in [1.165, 1.54) is 10.6 Å². The van der Waals surface area contributed by atoms with Crippen LogP contribution >= 0.6 is 11.8 Å². The minimum Gasteiger partial charge on any atom is -0.508 e. The topological polar surface area (TPSA) is 43.0 Å². The molecule has 0 fully saturated rings. The van der Waals surface area contributed by atoms with Gasteiger partial charge in [-0.05, 0) is 37.3 Å². The summed E-state index contributed by atoms with van der Waals surface area (Å²) < 4.78 is 4.27. The van der Waals surface area contributed by atoms with Gasteiger partial charge in [-0.2, -0.15) is 0 Å². The highest BCUT2D eigenvalue weighted by Crippen LogP contribution is 2.32. The lowest BCUT2D eigenvalue weighted by Crippen LogP contribution is -2.01. The van der Waals surface area contributed by atoms with Crippen molar-refractivity contribution in [1.82, 2.24) is 14.1 Å². The number of rotatable bonds is 5. The number of aromatic nitrogens is 3. The summed E-state index contributed by atoms with van der Waals surface area (Å²) in [6.45, 7) is 2.59. The predicted octanol–water partition coefficient (Wildman–Crippen LogP) is 4.73. The maximum Gasteiger partial charge on any atom is 0.121 e. The molecule has 5 heteroatoms. The molecule has 0 aliphatic rings. The van der Waals surface area contributed by atoms with E-state index in [-0.39, 0.29) is 0 Å². The summed E-state index contributed by atoms with van der Waals surface area (Å²) in [5, 5.41) is 11.6. The summed E-state index contributed by atoms with van der Waals surface area (Å²) in [4.78, 5) is 5.54. The summed E-state index contributed by atoms with van der Waals surface area (Å²) >= 11 is 1.82. The lowest BCUT2D eigenvalue weighted by Gasteiger charge is -2.09. The van der Waals surface area contributed by atoms with Crippen molar-refractivity contribution in [2.24, 2.45) is 7.05 Å². The highest BCUT2D eigenvalue weighted by Gasteiger charge is 2.14. The number of hydrogen-bond acceptors (Lipinski definition) is 3. The largest absolute Gasteiger partial charge is 0.508 e. The standard InChI is InChI=1S/C21H21N3OS/c1-15-22-10-11-24(15)13-19-18-12-16(14-26-17-6-4-3-5-7-17)23(2)20(18)8-9-21(19)25/h3-12,25H,13-14H2,1-2H3.